The van der Waals surface area contributed by atoms with Crippen LogP contribution < -0.4 is 5.32 Å². The Hall–Kier alpha value is -4.09. The maximum atomic E-state index is 12.5. The summed E-state index contributed by atoms with van der Waals surface area (Å²) < 4.78 is 5.31. The first-order valence-corrected chi connectivity index (χ1v) is 12.0. The lowest BCUT2D eigenvalue weighted by molar-refractivity contribution is -0.134. The molecule has 1 aliphatic heterocycles. The van der Waals surface area contributed by atoms with Gasteiger partial charge in [0.1, 0.15) is 11.9 Å². The van der Waals surface area contributed by atoms with Crippen LogP contribution in [0.25, 0.3) is 11.3 Å². The van der Waals surface area contributed by atoms with E-state index in [0.29, 0.717) is 61.9 Å². The molecule has 2 aromatic carbocycles. The number of benzene rings is 2. The van der Waals surface area contributed by atoms with Crippen molar-refractivity contribution in [3.8, 4) is 17.3 Å². The van der Waals surface area contributed by atoms with Gasteiger partial charge in [-0.2, -0.15) is 5.26 Å². The van der Waals surface area contributed by atoms with Crippen molar-refractivity contribution in [2.75, 3.05) is 31.6 Å². The molecule has 0 unspecified atom stereocenters. The SMILES string of the molecule is CC(C)C(=O)Nc1ccc(-c2ccnc(Cc3ccc(CC(=O)N4CCOCC4)cc3)n2)cc1C#N. The van der Waals surface area contributed by atoms with Crippen LogP contribution in [0.5, 0.6) is 0 Å². The molecule has 2 amide bonds. The number of nitrogens with zero attached hydrogens (tertiary/aromatic N) is 4. The molecule has 1 fully saturated rings. The number of ether oxygens (including phenoxy) is 1. The zero-order valence-electron chi connectivity index (χ0n) is 20.5. The number of hydrogen-bond acceptors (Lipinski definition) is 6. The second-order valence-corrected chi connectivity index (χ2v) is 9.04. The van der Waals surface area contributed by atoms with E-state index in [1.165, 1.54) is 0 Å². The molecule has 1 aliphatic rings. The Morgan fingerprint density at radius 1 is 1.08 bits per heavy atom. The highest BCUT2D eigenvalue weighted by atomic mass is 16.5. The Morgan fingerprint density at radius 3 is 2.50 bits per heavy atom. The number of carbonyl (C=O) groups is 2. The fourth-order valence-corrected chi connectivity index (χ4v) is 3.88. The Morgan fingerprint density at radius 2 is 1.81 bits per heavy atom. The molecule has 1 N–H and O–H groups in total. The highest BCUT2D eigenvalue weighted by Crippen LogP contribution is 2.24. The summed E-state index contributed by atoms with van der Waals surface area (Å²) in [7, 11) is 0. The van der Waals surface area contributed by atoms with Gasteiger partial charge in [-0.3, -0.25) is 9.59 Å². The van der Waals surface area contributed by atoms with Crippen molar-refractivity contribution in [2.24, 2.45) is 5.92 Å². The smallest absolute Gasteiger partial charge is 0.227 e. The number of hydrogen-bond donors (Lipinski definition) is 1. The standard InChI is InChI=1S/C28H29N5O3/c1-19(2)28(35)32-24-8-7-22(17-23(24)18-29)25-9-10-30-26(31-25)15-20-3-5-21(6-4-20)16-27(34)33-11-13-36-14-12-33/h3-10,17,19H,11-16H2,1-2H3,(H,32,35). The quantitative estimate of drug-likeness (QED) is 0.550. The second kappa shape index (κ2) is 11.6. The topological polar surface area (TPSA) is 108 Å². The van der Waals surface area contributed by atoms with Crippen LogP contribution in [0.2, 0.25) is 0 Å². The van der Waals surface area contributed by atoms with Gasteiger partial charge in [0.2, 0.25) is 11.8 Å². The molecule has 0 radical (unpaired) electrons. The maximum Gasteiger partial charge on any atom is 0.227 e. The molecule has 8 heteroatoms. The van der Waals surface area contributed by atoms with E-state index in [9.17, 15) is 14.9 Å². The fraction of sp³-hybridized carbons (Fsp3) is 0.321. The van der Waals surface area contributed by atoms with Crippen LogP contribution >= 0.6 is 0 Å². The van der Waals surface area contributed by atoms with Crippen molar-refractivity contribution >= 4 is 17.5 Å². The zero-order valence-corrected chi connectivity index (χ0v) is 20.5. The minimum absolute atomic E-state index is 0.119. The average molecular weight is 484 g/mol. The number of rotatable bonds is 7. The molecule has 0 aliphatic carbocycles. The molecule has 3 aromatic rings. The van der Waals surface area contributed by atoms with E-state index in [1.54, 1.807) is 38.2 Å². The van der Waals surface area contributed by atoms with Crippen molar-refractivity contribution in [1.82, 2.24) is 14.9 Å². The first-order chi connectivity index (χ1) is 17.4. The first kappa shape index (κ1) is 25.0. The van der Waals surface area contributed by atoms with Gasteiger partial charge in [0.25, 0.3) is 0 Å². The van der Waals surface area contributed by atoms with Gasteiger partial charge < -0.3 is 15.0 Å². The van der Waals surface area contributed by atoms with E-state index in [-0.39, 0.29) is 17.7 Å². The highest BCUT2D eigenvalue weighted by Gasteiger charge is 2.17. The van der Waals surface area contributed by atoms with Gasteiger partial charge in [-0.25, -0.2) is 9.97 Å². The molecule has 0 spiro atoms. The molecule has 1 saturated heterocycles. The molecule has 2 heterocycles. The Kier molecular flexibility index (Phi) is 8.03. The predicted molar refractivity (Wildman–Crippen MR) is 136 cm³/mol. The van der Waals surface area contributed by atoms with Gasteiger partial charge in [0.05, 0.1) is 36.6 Å². The Labute approximate surface area is 210 Å². The van der Waals surface area contributed by atoms with Crippen LogP contribution in [0.15, 0.2) is 54.7 Å². The summed E-state index contributed by atoms with van der Waals surface area (Å²) in [5.74, 6) is 0.453. The second-order valence-electron chi connectivity index (χ2n) is 9.04. The van der Waals surface area contributed by atoms with Gasteiger partial charge in [0.15, 0.2) is 0 Å². The van der Waals surface area contributed by atoms with E-state index in [1.807, 2.05) is 35.2 Å². The van der Waals surface area contributed by atoms with Crippen LogP contribution in [0.3, 0.4) is 0 Å². The van der Waals surface area contributed by atoms with Gasteiger partial charge >= 0.3 is 0 Å². The van der Waals surface area contributed by atoms with E-state index in [2.05, 4.69) is 21.4 Å². The number of nitriles is 1. The minimum Gasteiger partial charge on any atom is -0.378 e. The summed E-state index contributed by atoms with van der Waals surface area (Å²) in [4.78, 5) is 35.4. The normalized spacial score (nSPS) is 13.3. The Balaban J connectivity index is 1.43. The van der Waals surface area contributed by atoms with E-state index < -0.39 is 0 Å². The molecular weight excluding hydrogens is 454 g/mol. The molecule has 1 aromatic heterocycles. The number of carbonyl (C=O) groups excluding carboxylic acids is 2. The van der Waals surface area contributed by atoms with E-state index in [0.717, 1.165) is 16.7 Å². The number of morpholine rings is 1. The fourth-order valence-electron chi connectivity index (χ4n) is 3.88. The lowest BCUT2D eigenvalue weighted by Crippen LogP contribution is -2.41. The number of anilines is 1. The van der Waals surface area contributed by atoms with Crippen LogP contribution in [0.4, 0.5) is 5.69 Å². The number of amides is 2. The minimum atomic E-state index is -0.181. The van der Waals surface area contributed by atoms with Crippen LogP contribution in [-0.4, -0.2) is 53.0 Å². The molecule has 0 saturated carbocycles. The van der Waals surface area contributed by atoms with E-state index >= 15 is 0 Å². The van der Waals surface area contributed by atoms with Crippen molar-refractivity contribution < 1.29 is 14.3 Å². The van der Waals surface area contributed by atoms with Crippen molar-refractivity contribution in [1.29, 1.82) is 5.26 Å². The van der Waals surface area contributed by atoms with Crippen LogP contribution in [0.1, 0.15) is 36.4 Å². The molecule has 36 heavy (non-hydrogen) atoms. The number of nitrogens with one attached hydrogen (secondary N) is 1. The largest absolute Gasteiger partial charge is 0.378 e. The van der Waals surface area contributed by atoms with Crippen LogP contribution in [-0.2, 0) is 27.2 Å². The summed E-state index contributed by atoms with van der Waals surface area (Å²) in [6.07, 6.45) is 2.62. The van der Waals surface area contributed by atoms with Crippen molar-refractivity contribution in [3.63, 3.8) is 0 Å². The predicted octanol–water partition coefficient (Wildman–Crippen LogP) is 3.60. The molecule has 8 nitrogen and oxygen atoms in total. The van der Waals surface area contributed by atoms with Crippen molar-refractivity contribution in [3.05, 3.63) is 77.2 Å². The summed E-state index contributed by atoms with van der Waals surface area (Å²) in [5, 5.41) is 12.4. The molecular formula is C28H29N5O3. The monoisotopic (exact) mass is 483 g/mol. The summed E-state index contributed by atoms with van der Waals surface area (Å²) in [6.45, 7) is 6.10. The van der Waals surface area contributed by atoms with Gasteiger partial charge in [-0.05, 0) is 29.3 Å². The number of aromatic nitrogens is 2. The van der Waals surface area contributed by atoms with Crippen LogP contribution in [0, 0.1) is 17.2 Å². The van der Waals surface area contributed by atoms with Gasteiger partial charge in [-0.15, -0.1) is 0 Å². The highest BCUT2D eigenvalue weighted by molar-refractivity contribution is 5.93. The molecule has 184 valence electrons. The maximum absolute atomic E-state index is 12.5. The zero-order chi connectivity index (χ0) is 25.5. The molecule has 0 atom stereocenters. The third-order valence-electron chi connectivity index (χ3n) is 6.03. The van der Waals surface area contributed by atoms with E-state index in [4.69, 9.17) is 4.74 Å². The molecule has 4 rings (SSSR count). The third-order valence-corrected chi connectivity index (χ3v) is 6.03. The summed E-state index contributed by atoms with van der Waals surface area (Å²) in [5.41, 5.74) is 4.35. The Bertz CT molecular complexity index is 1280. The van der Waals surface area contributed by atoms with Gasteiger partial charge in [-0.1, -0.05) is 44.2 Å². The van der Waals surface area contributed by atoms with Crippen molar-refractivity contribution in [2.45, 2.75) is 26.7 Å². The lowest BCUT2D eigenvalue weighted by atomic mass is 10.0. The first-order valence-electron chi connectivity index (χ1n) is 12.0. The average Bonchev–Trinajstić information content (AvgIpc) is 2.90. The van der Waals surface area contributed by atoms with Gasteiger partial charge in [0, 0.05) is 37.2 Å². The molecule has 0 bridgehead atoms. The third kappa shape index (κ3) is 6.32. The summed E-state index contributed by atoms with van der Waals surface area (Å²) >= 11 is 0. The summed E-state index contributed by atoms with van der Waals surface area (Å²) in [6, 6.07) is 17.2. The lowest BCUT2D eigenvalue weighted by Gasteiger charge is -2.26.